The number of benzene rings is 1. The van der Waals surface area contributed by atoms with Gasteiger partial charge in [-0.1, -0.05) is 12.1 Å². The van der Waals surface area contributed by atoms with Crippen LogP contribution < -0.4 is 16.2 Å². The van der Waals surface area contributed by atoms with Crippen molar-refractivity contribution in [2.75, 3.05) is 17.2 Å². The summed E-state index contributed by atoms with van der Waals surface area (Å²) in [5, 5.41) is 10.5. The first-order valence-corrected chi connectivity index (χ1v) is 8.77. The zero-order valence-corrected chi connectivity index (χ0v) is 14.9. The molecule has 1 aromatic carbocycles. The van der Waals surface area contributed by atoms with E-state index in [-0.39, 0.29) is 17.6 Å². The third-order valence-corrected chi connectivity index (χ3v) is 4.48. The highest BCUT2D eigenvalue weighted by molar-refractivity contribution is 5.94. The molecule has 1 saturated heterocycles. The normalized spacial score (nSPS) is 16.6. The minimum Gasteiger partial charge on any atom is -0.368 e. The Balaban J connectivity index is 1.45. The summed E-state index contributed by atoms with van der Waals surface area (Å²) in [5.41, 5.74) is 1.92. The number of nitrogens with one attached hydrogen (secondary N) is 3. The molecule has 0 spiro atoms. The van der Waals surface area contributed by atoms with E-state index in [1.54, 1.807) is 11.7 Å². The second-order valence-electron chi connectivity index (χ2n) is 6.46. The number of nitrogens with zero attached hydrogens (tertiary/aromatic N) is 3. The van der Waals surface area contributed by atoms with Crippen LogP contribution in [0.4, 0.5) is 11.6 Å². The molecule has 140 valence electrons. The van der Waals surface area contributed by atoms with Crippen LogP contribution >= 0.6 is 0 Å². The van der Waals surface area contributed by atoms with E-state index in [1.807, 2.05) is 24.3 Å². The summed E-state index contributed by atoms with van der Waals surface area (Å²) in [6.07, 6.45) is 2.79. The Bertz CT molecular complexity index is 1030. The standard InChI is InChI=1S/C18H20N6O3/c1-24-15-13(10-20-24)16(25)23-18(22-15)19-9-11-4-2-5-12(8-11)21-17(26)14-6-3-7-27-14/h2,4-5,8,10,14H,3,6-7,9H2,1H3,(H,21,26)(H2,19,22,23,25). The zero-order valence-electron chi connectivity index (χ0n) is 14.9. The quantitative estimate of drug-likeness (QED) is 0.627. The van der Waals surface area contributed by atoms with E-state index in [4.69, 9.17) is 4.74 Å². The van der Waals surface area contributed by atoms with Gasteiger partial charge in [0, 0.05) is 25.9 Å². The fourth-order valence-electron chi connectivity index (χ4n) is 3.07. The molecule has 1 aliphatic rings. The highest BCUT2D eigenvalue weighted by atomic mass is 16.5. The fraction of sp³-hybridized carbons (Fsp3) is 0.333. The summed E-state index contributed by atoms with van der Waals surface area (Å²) in [4.78, 5) is 31.3. The average molecular weight is 368 g/mol. The lowest BCUT2D eigenvalue weighted by Gasteiger charge is -2.12. The van der Waals surface area contributed by atoms with Crippen molar-refractivity contribution in [3.05, 3.63) is 46.4 Å². The first kappa shape index (κ1) is 17.2. The molecule has 27 heavy (non-hydrogen) atoms. The summed E-state index contributed by atoms with van der Waals surface area (Å²) in [7, 11) is 1.73. The van der Waals surface area contributed by atoms with Gasteiger partial charge < -0.3 is 15.4 Å². The van der Waals surface area contributed by atoms with Gasteiger partial charge in [0.15, 0.2) is 5.65 Å². The maximum atomic E-state index is 12.2. The van der Waals surface area contributed by atoms with Crippen LogP contribution in [0, 0.1) is 0 Å². The second kappa shape index (κ2) is 7.20. The van der Waals surface area contributed by atoms with Gasteiger partial charge in [-0.25, -0.2) is 0 Å². The minimum atomic E-state index is -0.369. The number of hydrogen-bond acceptors (Lipinski definition) is 6. The van der Waals surface area contributed by atoms with E-state index in [0.29, 0.717) is 35.8 Å². The average Bonchev–Trinajstić information content (AvgIpc) is 3.31. The maximum absolute atomic E-state index is 12.2. The Morgan fingerprint density at radius 2 is 2.33 bits per heavy atom. The van der Waals surface area contributed by atoms with Gasteiger partial charge in [-0.15, -0.1) is 0 Å². The van der Waals surface area contributed by atoms with E-state index < -0.39 is 0 Å². The lowest BCUT2D eigenvalue weighted by Crippen LogP contribution is -2.26. The number of aromatic nitrogens is 4. The molecule has 1 fully saturated rings. The predicted molar refractivity (Wildman–Crippen MR) is 101 cm³/mol. The van der Waals surface area contributed by atoms with Gasteiger partial charge in [-0.05, 0) is 30.5 Å². The van der Waals surface area contributed by atoms with Gasteiger partial charge in [0.1, 0.15) is 11.5 Å². The molecule has 1 unspecified atom stereocenters. The molecule has 0 radical (unpaired) electrons. The number of anilines is 2. The molecule has 9 nitrogen and oxygen atoms in total. The molecule has 0 bridgehead atoms. The molecular formula is C18H20N6O3. The van der Waals surface area contributed by atoms with Crippen LogP contribution in [0.5, 0.6) is 0 Å². The van der Waals surface area contributed by atoms with Gasteiger partial charge in [0.2, 0.25) is 5.95 Å². The van der Waals surface area contributed by atoms with Crippen LogP contribution in [0.25, 0.3) is 11.0 Å². The molecule has 4 rings (SSSR count). The number of hydrogen-bond donors (Lipinski definition) is 3. The van der Waals surface area contributed by atoms with Gasteiger partial charge in [0.25, 0.3) is 11.5 Å². The third-order valence-electron chi connectivity index (χ3n) is 4.48. The third kappa shape index (κ3) is 3.68. The molecule has 3 N–H and O–H groups in total. The van der Waals surface area contributed by atoms with Crippen LogP contribution in [-0.2, 0) is 23.1 Å². The van der Waals surface area contributed by atoms with E-state index in [0.717, 1.165) is 18.4 Å². The van der Waals surface area contributed by atoms with Crippen LogP contribution in [0.2, 0.25) is 0 Å². The zero-order chi connectivity index (χ0) is 18.8. The number of H-pyrrole nitrogens is 1. The molecule has 3 aromatic rings. The van der Waals surface area contributed by atoms with Crippen molar-refractivity contribution in [2.45, 2.75) is 25.5 Å². The van der Waals surface area contributed by atoms with Crippen LogP contribution in [0.15, 0.2) is 35.3 Å². The van der Waals surface area contributed by atoms with Crippen molar-refractivity contribution >= 4 is 28.6 Å². The summed E-state index contributed by atoms with van der Waals surface area (Å²) >= 11 is 0. The Kier molecular flexibility index (Phi) is 4.59. The van der Waals surface area contributed by atoms with E-state index >= 15 is 0 Å². The van der Waals surface area contributed by atoms with Gasteiger partial charge in [-0.3, -0.25) is 19.3 Å². The summed E-state index contributed by atoms with van der Waals surface area (Å²) in [6.45, 7) is 1.07. The van der Waals surface area contributed by atoms with Gasteiger partial charge >= 0.3 is 0 Å². The molecule has 3 heterocycles. The molecule has 1 aliphatic heterocycles. The highest BCUT2D eigenvalue weighted by Gasteiger charge is 2.23. The summed E-state index contributed by atoms with van der Waals surface area (Å²) in [6, 6.07) is 7.50. The number of ether oxygens (including phenoxy) is 1. The van der Waals surface area contributed by atoms with E-state index in [2.05, 4.69) is 25.7 Å². The number of aromatic amines is 1. The molecule has 1 atom stereocenters. The Hall–Kier alpha value is -3.20. The predicted octanol–water partition coefficient (Wildman–Crippen LogP) is 1.39. The number of rotatable bonds is 5. The molecule has 0 aliphatic carbocycles. The topological polar surface area (TPSA) is 114 Å². The molecule has 9 heteroatoms. The lowest BCUT2D eigenvalue weighted by molar-refractivity contribution is -0.124. The number of carbonyl (C=O) groups is 1. The van der Waals surface area contributed by atoms with E-state index in [9.17, 15) is 9.59 Å². The molecule has 1 amide bonds. The SMILES string of the molecule is Cn1ncc2c(=O)[nH]c(NCc3cccc(NC(=O)C4CCCO4)c3)nc21. The number of fused-ring (bicyclic) bond motifs is 1. The summed E-state index contributed by atoms with van der Waals surface area (Å²) in [5.74, 6) is 0.246. The second-order valence-corrected chi connectivity index (χ2v) is 6.46. The van der Waals surface area contributed by atoms with Crippen LogP contribution in [0.1, 0.15) is 18.4 Å². The minimum absolute atomic E-state index is 0.120. The highest BCUT2D eigenvalue weighted by Crippen LogP contribution is 2.17. The Morgan fingerprint density at radius 3 is 3.15 bits per heavy atom. The van der Waals surface area contributed by atoms with Crippen molar-refractivity contribution < 1.29 is 9.53 Å². The van der Waals surface area contributed by atoms with Crippen molar-refractivity contribution in [1.29, 1.82) is 0 Å². The van der Waals surface area contributed by atoms with Gasteiger partial charge in [-0.2, -0.15) is 10.1 Å². The van der Waals surface area contributed by atoms with Crippen molar-refractivity contribution in [3.8, 4) is 0 Å². The number of carbonyl (C=O) groups excluding carboxylic acids is 1. The first-order valence-electron chi connectivity index (χ1n) is 8.77. The number of aryl methyl sites for hydroxylation is 1. The van der Waals surface area contributed by atoms with Crippen molar-refractivity contribution in [1.82, 2.24) is 19.7 Å². The Morgan fingerprint density at radius 1 is 1.44 bits per heavy atom. The van der Waals surface area contributed by atoms with Crippen molar-refractivity contribution in [3.63, 3.8) is 0 Å². The largest absolute Gasteiger partial charge is 0.368 e. The molecular weight excluding hydrogens is 348 g/mol. The maximum Gasteiger partial charge on any atom is 0.263 e. The monoisotopic (exact) mass is 368 g/mol. The fourth-order valence-corrected chi connectivity index (χ4v) is 3.07. The van der Waals surface area contributed by atoms with E-state index in [1.165, 1.54) is 6.20 Å². The number of amides is 1. The van der Waals surface area contributed by atoms with Crippen molar-refractivity contribution in [2.24, 2.45) is 7.05 Å². The summed E-state index contributed by atoms with van der Waals surface area (Å²) < 4.78 is 6.95. The molecule has 2 aromatic heterocycles. The smallest absolute Gasteiger partial charge is 0.263 e. The van der Waals surface area contributed by atoms with Crippen LogP contribution in [-0.4, -0.2) is 38.4 Å². The van der Waals surface area contributed by atoms with Gasteiger partial charge in [0.05, 0.1) is 6.20 Å². The van der Waals surface area contributed by atoms with Crippen LogP contribution in [0.3, 0.4) is 0 Å². The lowest BCUT2D eigenvalue weighted by atomic mass is 10.2. The molecule has 0 saturated carbocycles. The Labute approximate surface area is 154 Å². The first-order chi connectivity index (χ1) is 13.1.